The van der Waals surface area contributed by atoms with Gasteiger partial charge < -0.3 is 5.11 Å². The second kappa shape index (κ2) is 4.71. The molecule has 0 unspecified atom stereocenters. The van der Waals surface area contributed by atoms with Crippen LogP contribution in [0.1, 0.15) is 0 Å². The number of benzene rings is 1. The van der Waals surface area contributed by atoms with Crippen LogP contribution in [0.2, 0.25) is 0 Å². The van der Waals surface area contributed by atoms with Crippen LogP contribution in [0.3, 0.4) is 0 Å². The first kappa shape index (κ1) is 11.2. The van der Waals surface area contributed by atoms with Crippen molar-refractivity contribution in [1.82, 2.24) is 15.0 Å². The van der Waals surface area contributed by atoms with Crippen LogP contribution < -0.4 is 0 Å². The van der Waals surface area contributed by atoms with Crippen LogP contribution in [-0.2, 0) is 6.54 Å². The Morgan fingerprint density at radius 3 is 3.00 bits per heavy atom. The second-order valence-corrected chi connectivity index (χ2v) is 3.37. The van der Waals surface area contributed by atoms with Crippen molar-refractivity contribution in [3.05, 3.63) is 40.6 Å². The molecule has 0 aliphatic carbocycles. The molecule has 1 N–H and O–H groups in total. The van der Waals surface area contributed by atoms with Crippen LogP contribution in [0.4, 0.5) is 5.69 Å². The van der Waals surface area contributed by atoms with Gasteiger partial charge in [0.05, 0.1) is 30.0 Å². The number of hydrogen-bond acceptors (Lipinski definition) is 5. The monoisotopic (exact) mass is 234 g/mol. The third kappa shape index (κ3) is 2.28. The van der Waals surface area contributed by atoms with Gasteiger partial charge >= 0.3 is 0 Å². The van der Waals surface area contributed by atoms with Crippen molar-refractivity contribution in [2.45, 2.75) is 6.54 Å². The topological polar surface area (TPSA) is 94.1 Å². The van der Waals surface area contributed by atoms with Gasteiger partial charge in [-0.3, -0.25) is 10.1 Å². The van der Waals surface area contributed by atoms with E-state index in [-0.39, 0.29) is 12.3 Å². The standard InChI is InChI=1S/C10H10N4O3/c15-5-4-13-10(7-11-12-13)8-2-1-3-9(6-8)14(16)17/h1-3,6-7,15H,4-5H2. The second-order valence-electron chi connectivity index (χ2n) is 3.37. The Morgan fingerprint density at radius 1 is 1.47 bits per heavy atom. The number of rotatable bonds is 4. The van der Waals surface area contributed by atoms with E-state index in [2.05, 4.69) is 10.3 Å². The largest absolute Gasteiger partial charge is 0.394 e. The van der Waals surface area contributed by atoms with E-state index in [1.807, 2.05) is 0 Å². The van der Waals surface area contributed by atoms with Gasteiger partial charge in [0.1, 0.15) is 0 Å². The first-order valence-electron chi connectivity index (χ1n) is 4.96. The third-order valence-corrected chi connectivity index (χ3v) is 2.28. The van der Waals surface area contributed by atoms with Crippen LogP contribution in [0, 0.1) is 10.1 Å². The summed E-state index contributed by atoms with van der Waals surface area (Å²) in [6.45, 7) is 0.239. The molecule has 2 rings (SSSR count). The molecule has 7 heteroatoms. The van der Waals surface area contributed by atoms with Crippen LogP contribution in [0.5, 0.6) is 0 Å². The summed E-state index contributed by atoms with van der Waals surface area (Å²) < 4.78 is 1.50. The van der Waals surface area contributed by atoms with Crippen molar-refractivity contribution in [2.75, 3.05) is 6.61 Å². The molecule has 0 bridgehead atoms. The molecule has 0 spiro atoms. The van der Waals surface area contributed by atoms with Crippen LogP contribution in [-0.4, -0.2) is 31.6 Å². The van der Waals surface area contributed by atoms with Crippen LogP contribution in [0.25, 0.3) is 11.3 Å². The minimum Gasteiger partial charge on any atom is -0.394 e. The number of nitro groups is 1. The maximum atomic E-state index is 10.7. The number of non-ortho nitro benzene ring substituents is 1. The lowest BCUT2D eigenvalue weighted by molar-refractivity contribution is -0.384. The molecule has 0 atom stereocenters. The summed E-state index contributed by atoms with van der Waals surface area (Å²) in [7, 11) is 0. The molecule has 0 amide bonds. The van der Waals surface area contributed by atoms with Crippen molar-refractivity contribution < 1.29 is 10.0 Å². The molecule has 0 aliphatic rings. The number of nitro benzene ring substituents is 1. The van der Waals surface area contributed by atoms with Gasteiger partial charge in [0.25, 0.3) is 5.69 Å². The van der Waals surface area contributed by atoms with Gasteiger partial charge in [0, 0.05) is 17.7 Å². The van der Waals surface area contributed by atoms with Gasteiger partial charge in [0.15, 0.2) is 0 Å². The fourth-order valence-corrected chi connectivity index (χ4v) is 1.52. The van der Waals surface area contributed by atoms with Crippen LogP contribution in [0.15, 0.2) is 30.5 Å². The minimum absolute atomic E-state index is 0.0132. The highest BCUT2D eigenvalue weighted by atomic mass is 16.6. The number of aliphatic hydroxyl groups excluding tert-OH is 1. The summed E-state index contributed by atoms with van der Waals surface area (Å²) >= 11 is 0. The average Bonchev–Trinajstić information content (AvgIpc) is 2.78. The zero-order valence-electron chi connectivity index (χ0n) is 8.85. The molecule has 0 radical (unpaired) electrons. The summed E-state index contributed by atoms with van der Waals surface area (Å²) in [5.41, 5.74) is 1.31. The van der Waals surface area contributed by atoms with E-state index < -0.39 is 4.92 Å². The zero-order valence-corrected chi connectivity index (χ0v) is 8.85. The number of aliphatic hydroxyl groups is 1. The minimum atomic E-state index is -0.455. The first-order chi connectivity index (χ1) is 8.22. The van der Waals surface area contributed by atoms with E-state index in [4.69, 9.17) is 5.11 Å². The molecule has 7 nitrogen and oxygen atoms in total. The van der Waals surface area contributed by atoms with Gasteiger partial charge in [-0.15, -0.1) is 5.10 Å². The summed E-state index contributed by atoms with van der Waals surface area (Å²) in [6, 6.07) is 6.21. The molecule has 88 valence electrons. The van der Waals surface area contributed by atoms with Crippen molar-refractivity contribution in [3.8, 4) is 11.3 Å². The highest BCUT2D eigenvalue weighted by Gasteiger charge is 2.10. The highest BCUT2D eigenvalue weighted by Crippen LogP contribution is 2.22. The van der Waals surface area contributed by atoms with Gasteiger partial charge in [0.2, 0.25) is 0 Å². The van der Waals surface area contributed by atoms with Crippen molar-refractivity contribution in [3.63, 3.8) is 0 Å². The van der Waals surface area contributed by atoms with Gasteiger partial charge in [-0.05, 0) is 0 Å². The Morgan fingerprint density at radius 2 is 2.29 bits per heavy atom. The Kier molecular flexibility index (Phi) is 3.10. The lowest BCUT2D eigenvalue weighted by Gasteiger charge is -2.03. The van der Waals surface area contributed by atoms with Gasteiger partial charge in [-0.1, -0.05) is 17.3 Å². The molecule has 1 aromatic carbocycles. The molecule has 0 saturated carbocycles. The van der Waals surface area contributed by atoms with E-state index in [0.29, 0.717) is 17.8 Å². The zero-order chi connectivity index (χ0) is 12.3. The summed E-state index contributed by atoms with van der Waals surface area (Å²) in [4.78, 5) is 10.2. The average molecular weight is 234 g/mol. The maximum absolute atomic E-state index is 10.7. The number of hydrogen-bond donors (Lipinski definition) is 1. The lowest BCUT2D eigenvalue weighted by Crippen LogP contribution is -2.05. The van der Waals surface area contributed by atoms with Crippen LogP contribution >= 0.6 is 0 Å². The van der Waals surface area contributed by atoms with Gasteiger partial charge in [-0.25, -0.2) is 4.68 Å². The smallest absolute Gasteiger partial charge is 0.270 e. The Balaban J connectivity index is 2.42. The number of aromatic nitrogens is 3. The Labute approximate surface area is 96.5 Å². The SMILES string of the molecule is O=[N+]([O-])c1cccc(-c2cnnn2CCO)c1. The van der Waals surface area contributed by atoms with Crippen molar-refractivity contribution in [1.29, 1.82) is 0 Å². The first-order valence-corrected chi connectivity index (χ1v) is 4.96. The van der Waals surface area contributed by atoms with E-state index in [1.165, 1.54) is 23.0 Å². The molecule has 1 aromatic heterocycles. The molecule has 0 fully saturated rings. The summed E-state index contributed by atoms with van der Waals surface area (Å²) in [6.07, 6.45) is 1.51. The molecule has 0 aliphatic heterocycles. The molecular weight excluding hydrogens is 224 g/mol. The molecule has 0 saturated heterocycles. The van der Waals surface area contributed by atoms with E-state index in [9.17, 15) is 10.1 Å². The highest BCUT2D eigenvalue weighted by molar-refractivity contribution is 5.61. The van der Waals surface area contributed by atoms with Crippen molar-refractivity contribution in [2.24, 2.45) is 0 Å². The normalized spacial score (nSPS) is 10.4. The predicted octanol–water partition coefficient (Wildman–Crippen LogP) is 0.846. The fourth-order valence-electron chi connectivity index (χ4n) is 1.52. The quantitative estimate of drug-likeness (QED) is 0.625. The fraction of sp³-hybridized carbons (Fsp3) is 0.200. The van der Waals surface area contributed by atoms with E-state index in [0.717, 1.165) is 0 Å². The molecule has 1 heterocycles. The predicted molar refractivity (Wildman–Crippen MR) is 59.2 cm³/mol. The summed E-state index contributed by atoms with van der Waals surface area (Å²) in [5.74, 6) is 0. The van der Waals surface area contributed by atoms with E-state index >= 15 is 0 Å². The Hall–Kier alpha value is -2.28. The molecule has 17 heavy (non-hydrogen) atoms. The molecule has 2 aromatic rings. The lowest BCUT2D eigenvalue weighted by atomic mass is 10.1. The Bertz CT molecular complexity index is 538. The third-order valence-electron chi connectivity index (χ3n) is 2.28. The molecular formula is C10H10N4O3. The summed E-state index contributed by atoms with van der Waals surface area (Å²) in [5, 5.41) is 27.0. The maximum Gasteiger partial charge on any atom is 0.270 e. The van der Waals surface area contributed by atoms with E-state index in [1.54, 1.807) is 12.1 Å². The van der Waals surface area contributed by atoms with Crippen molar-refractivity contribution >= 4 is 5.69 Å². The number of nitrogens with zero attached hydrogens (tertiary/aromatic N) is 4. The van der Waals surface area contributed by atoms with Gasteiger partial charge in [-0.2, -0.15) is 0 Å².